The number of hydrogen-bond acceptors (Lipinski definition) is 6. The highest BCUT2D eigenvalue weighted by Crippen LogP contribution is 2.26. The lowest BCUT2D eigenvalue weighted by Gasteiger charge is -2.20. The average molecular weight is 410 g/mol. The topological polar surface area (TPSA) is 89.5 Å². The summed E-state index contributed by atoms with van der Waals surface area (Å²) < 4.78 is 55.2. The summed E-state index contributed by atoms with van der Waals surface area (Å²) >= 11 is 0. The number of nitrogens with one attached hydrogen (secondary N) is 1. The monoisotopic (exact) mass is 409 g/mol. The normalized spacial score (nSPS) is 21.8. The molecule has 1 saturated heterocycles. The highest BCUT2D eigenvalue weighted by Gasteiger charge is 2.45. The van der Waals surface area contributed by atoms with E-state index in [2.05, 4.69) is 5.32 Å². The molecule has 0 bridgehead atoms. The molecule has 2 atom stereocenters. The molecule has 1 aliphatic heterocycles. The third-order valence-corrected chi connectivity index (χ3v) is 8.92. The standard InChI is InChI=1S/C19H23NO5S2/c1-25-16-9-7-15(8-10-16)11-12-20-18-13-26(21,22)14-19(18)27(23,24)17-5-3-2-4-6-17/h2-10,18-20H,11-14H2,1H3/t18-,19-/m0/s1. The SMILES string of the molecule is COc1ccc(CCN[C@H]2CS(=O)(=O)C[C@@H]2S(=O)(=O)c2ccccc2)cc1. The Bertz CT molecular complexity index is 971. The van der Waals surface area contributed by atoms with Crippen molar-refractivity contribution in [3.05, 3.63) is 60.2 Å². The molecule has 1 heterocycles. The van der Waals surface area contributed by atoms with Crippen LogP contribution < -0.4 is 10.1 Å². The third kappa shape index (κ3) is 4.69. The predicted molar refractivity (Wildman–Crippen MR) is 105 cm³/mol. The van der Waals surface area contributed by atoms with Gasteiger partial charge in [0.15, 0.2) is 19.7 Å². The van der Waals surface area contributed by atoms with E-state index in [0.29, 0.717) is 13.0 Å². The van der Waals surface area contributed by atoms with Crippen LogP contribution >= 0.6 is 0 Å². The second-order valence-corrected chi connectivity index (χ2v) is 11.0. The fraction of sp³-hybridized carbons (Fsp3) is 0.368. The zero-order valence-corrected chi connectivity index (χ0v) is 16.7. The minimum absolute atomic E-state index is 0.160. The van der Waals surface area contributed by atoms with E-state index in [4.69, 9.17) is 4.74 Å². The first kappa shape index (κ1) is 19.9. The summed E-state index contributed by atoms with van der Waals surface area (Å²) in [6.45, 7) is 0.493. The van der Waals surface area contributed by atoms with Crippen molar-refractivity contribution in [2.75, 3.05) is 25.2 Å². The summed E-state index contributed by atoms with van der Waals surface area (Å²) in [5, 5.41) is 2.18. The van der Waals surface area contributed by atoms with E-state index in [-0.39, 0.29) is 16.4 Å². The Morgan fingerprint density at radius 2 is 1.70 bits per heavy atom. The van der Waals surface area contributed by atoms with Crippen molar-refractivity contribution < 1.29 is 21.6 Å². The van der Waals surface area contributed by atoms with Crippen molar-refractivity contribution in [3.8, 4) is 5.75 Å². The van der Waals surface area contributed by atoms with Crippen molar-refractivity contribution in [2.24, 2.45) is 0 Å². The van der Waals surface area contributed by atoms with E-state index in [1.807, 2.05) is 24.3 Å². The molecule has 1 aliphatic rings. The van der Waals surface area contributed by atoms with Crippen LogP contribution in [0.1, 0.15) is 5.56 Å². The van der Waals surface area contributed by atoms with Crippen LogP contribution in [0.5, 0.6) is 5.75 Å². The highest BCUT2D eigenvalue weighted by molar-refractivity contribution is 7.96. The molecule has 1 fully saturated rings. The van der Waals surface area contributed by atoms with E-state index in [9.17, 15) is 16.8 Å². The zero-order chi connectivity index (χ0) is 19.5. The molecular formula is C19H23NO5S2. The van der Waals surface area contributed by atoms with Crippen molar-refractivity contribution >= 4 is 19.7 Å². The molecule has 2 aromatic rings. The fourth-order valence-corrected chi connectivity index (χ4v) is 8.03. The first-order chi connectivity index (χ1) is 12.8. The second-order valence-electron chi connectivity index (χ2n) is 6.63. The number of sulfone groups is 2. The van der Waals surface area contributed by atoms with Gasteiger partial charge < -0.3 is 10.1 Å². The molecule has 0 saturated carbocycles. The first-order valence-electron chi connectivity index (χ1n) is 8.67. The Balaban J connectivity index is 1.70. The number of rotatable bonds is 7. The summed E-state index contributed by atoms with van der Waals surface area (Å²) in [4.78, 5) is 0.161. The lowest BCUT2D eigenvalue weighted by Crippen LogP contribution is -2.44. The van der Waals surface area contributed by atoms with E-state index >= 15 is 0 Å². The minimum Gasteiger partial charge on any atom is -0.497 e. The van der Waals surface area contributed by atoms with Crippen LogP contribution in [0.4, 0.5) is 0 Å². The number of benzene rings is 2. The fourth-order valence-electron chi connectivity index (χ4n) is 3.29. The lowest BCUT2D eigenvalue weighted by molar-refractivity contribution is 0.414. The number of hydrogen-bond donors (Lipinski definition) is 1. The summed E-state index contributed by atoms with van der Waals surface area (Å²) in [5.41, 5.74) is 1.06. The van der Waals surface area contributed by atoms with Gasteiger partial charge in [0.05, 0.1) is 28.8 Å². The van der Waals surface area contributed by atoms with Crippen LogP contribution in [0.2, 0.25) is 0 Å². The molecule has 146 valence electrons. The van der Waals surface area contributed by atoms with Gasteiger partial charge in [-0.05, 0) is 42.8 Å². The molecular weight excluding hydrogens is 386 g/mol. The Labute approximate surface area is 160 Å². The molecule has 0 unspecified atom stereocenters. The molecule has 8 heteroatoms. The Morgan fingerprint density at radius 1 is 1.04 bits per heavy atom. The van der Waals surface area contributed by atoms with Crippen LogP contribution in [0.3, 0.4) is 0 Å². The van der Waals surface area contributed by atoms with Gasteiger partial charge in [0.2, 0.25) is 0 Å². The van der Waals surface area contributed by atoms with E-state index in [1.165, 1.54) is 12.1 Å². The summed E-state index contributed by atoms with van der Waals surface area (Å²) in [6.07, 6.45) is 0.665. The van der Waals surface area contributed by atoms with E-state index in [1.54, 1.807) is 25.3 Å². The van der Waals surface area contributed by atoms with Crippen LogP contribution in [0, 0.1) is 0 Å². The van der Waals surface area contributed by atoms with Gasteiger partial charge in [0.25, 0.3) is 0 Å². The molecule has 0 spiro atoms. The highest BCUT2D eigenvalue weighted by atomic mass is 32.2. The molecule has 1 N–H and O–H groups in total. The molecule has 0 aromatic heterocycles. The summed E-state index contributed by atoms with van der Waals surface area (Å²) in [6, 6.07) is 15.0. The Kier molecular flexibility index (Phi) is 5.88. The maximum absolute atomic E-state index is 12.9. The largest absolute Gasteiger partial charge is 0.497 e. The maximum atomic E-state index is 12.9. The van der Waals surface area contributed by atoms with Crippen LogP contribution in [-0.2, 0) is 26.1 Å². The third-order valence-electron chi connectivity index (χ3n) is 4.75. The number of ether oxygens (including phenoxy) is 1. The van der Waals surface area contributed by atoms with Crippen LogP contribution in [0.25, 0.3) is 0 Å². The second kappa shape index (κ2) is 8.00. The van der Waals surface area contributed by atoms with Crippen molar-refractivity contribution in [1.29, 1.82) is 0 Å². The van der Waals surface area contributed by atoms with Gasteiger partial charge >= 0.3 is 0 Å². The van der Waals surface area contributed by atoms with Gasteiger partial charge in [-0.1, -0.05) is 30.3 Å². The zero-order valence-electron chi connectivity index (χ0n) is 15.0. The molecule has 0 aliphatic carbocycles. The Morgan fingerprint density at radius 3 is 2.33 bits per heavy atom. The van der Waals surface area contributed by atoms with Crippen LogP contribution in [0.15, 0.2) is 59.5 Å². The van der Waals surface area contributed by atoms with Crippen molar-refractivity contribution in [1.82, 2.24) is 5.32 Å². The molecule has 6 nitrogen and oxygen atoms in total. The maximum Gasteiger partial charge on any atom is 0.183 e. The first-order valence-corrected chi connectivity index (χ1v) is 12.0. The van der Waals surface area contributed by atoms with Gasteiger partial charge in [0.1, 0.15) is 5.75 Å². The van der Waals surface area contributed by atoms with Crippen molar-refractivity contribution in [3.63, 3.8) is 0 Å². The summed E-state index contributed by atoms with van der Waals surface area (Å²) in [5.74, 6) is 0.263. The molecule has 2 aromatic carbocycles. The quantitative estimate of drug-likeness (QED) is 0.745. The minimum atomic E-state index is -3.72. The molecule has 27 heavy (non-hydrogen) atoms. The smallest absolute Gasteiger partial charge is 0.183 e. The predicted octanol–water partition coefficient (Wildman–Crippen LogP) is 1.47. The van der Waals surface area contributed by atoms with Crippen molar-refractivity contribution in [2.45, 2.75) is 22.6 Å². The van der Waals surface area contributed by atoms with Gasteiger partial charge in [-0.2, -0.15) is 0 Å². The van der Waals surface area contributed by atoms with Gasteiger partial charge in [-0.25, -0.2) is 16.8 Å². The van der Waals surface area contributed by atoms with Gasteiger partial charge in [-0.15, -0.1) is 0 Å². The van der Waals surface area contributed by atoms with Gasteiger partial charge in [-0.3, -0.25) is 0 Å². The van der Waals surface area contributed by atoms with Crippen LogP contribution in [-0.4, -0.2) is 53.3 Å². The molecule has 3 rings (SSSR count). The molecule has 0 amide bonds. The lowest BCUT2D eigenvalue weighted by atomic mass is 10.1. The molecule has 0 radical (unpaired) electrons. The van der Waals surface area contributed by atoms with E-state index in [0.717, 1.165) is 11.3 Å². The van der Waals surface area contributed by atoms with Gasteiger partial charge in [0, 0.05) is 6.04 Å². The van der Waals surface area contributed by atoms with E-state index < -0.39 is 31.0 Å². The number of methoxy groups -OCH3 is 1. The summed E-state index contributed by atoms with van der Waals surface area (Å²) in [7, 11) is -5.52. The average Bonchev–Trinajstić information content (AvgIpc) is 2.98. The Hall–Kier alpha value is -1.90.